The zero-order valence-electron chi connectivity index (χ0n) is 11.5. The van der Waals surface area contributed by atoms with Gasteiger partial charge in [0.05, 0.1) is 18.9 Å². The molecule has 2 rings (SSSR count). The summed E-state index contributed by atoms with van der Waals surface area (Å²) >= 11 is 0. The van der Waals surface area contributed by atoms with Crippen LogP contribution in [0.4, 0.5) is 5.69 Å². The van der Waals surface area contributed by atoms with E-state index in [9.17, 15) is 9.90 Å². The van der Waals surface area contributed by atoms with Gasteiger partial charge in [-0.2, -0.15) is 0 Å². The highest BCUT2D eigenvalue weighted by molar-refractivity contribution is 6.00. The van der Waals surface area contributed by atoms with Gasteiger partial charge in [-0.3, -0.25) is 4.79 Å². The molecule has 1 atom stereocenters. The first-order valence-electron chi connectivity index (χ1n) is 6.50. The molecule has 0 bridgehead atoms. The zero-order valence-corrected chi connectivity index (χ0v) is 11.5. The normalized spacial score (nSPS) is 18.0. The largest absolute Gasteiger partial charge is 0.490 e. The van der Waals surface area contributed by atoms with Crippen molar-refractivity contribution in [2.45, 2.75) is 33.5 Å². The minimum Gasteiger partial charge on any atom is -0.490 e. The first-order chi connectivity index (χ1) is 9.12. The van der Waals surface area contributed by atoms with E-state index in [1.165, 1.54) is 0 Å². The number of hydrogen-bond acceptors (Lipinski definition) is 4. The molecule has 19 heavy (non-hydrogen) atoms. The average molecular weight is 265 g/mol. The summed E-state index contributed by atoms with van der Waals surface area (Å²) < 4.78 is 11.2. The molecule has 5 heteroatoms. The molecule has 0 radical (unpaired) electrons. The predicted octanol–water partition coefficient (Wildman–Crippen LogP) is 1.71. The fraction of sp³-hybridized carbons (Fsp3) is 0.500. The van der Waals surface area contributed by atoms with E-state index in [2.05, 4.69) is 0 Å². The second-order valence-corrected chi connectivity index (χ2v) is 4.38. The molecular weight excluding hydrogens is 246 g/mol. The SMILES string of the molecule is CCOc1cc(CO)cc2c1OC(C)C(=O)N2CC. The number of fused-ring (bicyclic) bond motifs is 1. The second kappa shape index (κ2) is 5.48. The van der Waals surface area contributed by atoms with Gasteiger partial charge in [-0.1, -0.05) is 0 Å². The van der Waals surface area contributed by atoms with E-state index in [-0.39, 0.29) is 12.5 Å². The third-order valence-corrected chi connectivity index (χ3v) is 3.09. The third-order valence-electron chi connectivity index (χ3n) is 3.09. The molecule has 1 aliphatic heterocycles. The topological polar surface area (TPSA) is 59.0 Å². The summed E-state index contributed by atoms with van der Waals surface area (Å²) in [6.07, 6.45) is -0.522. The first kappa shape index (κ1) is 13.7. The highest BCUT2D eigenvalue weighted by Gasteiger charge is 2.33. The summed E-state index contributed by atoms with van der Waals surface area (Å²) in [5, 5.41) is 9.31. The van der Waals surface area contributed by atoms with Gasteiger partial charge in [0.1, 0.15) is 0 Å². The Morgan fingerprint density at radius 1 is 1.42 bits per heavy atom. The van der Waals surface area contributed by atoms with E-state index in [1.807, 2.05) is 13.8 Å². The van der Waals surface area contributed by atoms with Crippen LogP contribution >= 0.6 is 0 Å². The molecule has 1 amide bonds. The first-order valence-corrected chi connectivity index (χ1v) is 6.50. The molecule has 0 saturated carbocycles. The van der Waals surface area contributed by atoms with Gasteiger partial charge in [-0.05, 0) is 38.5 Å². The lowest BCUT2D eigenvalue weighted by molar-refractivity contribution is -0.125. The summed E-state index contributed by atoms with van der Waals surface area (Å²) in [6, 6.07) is 3.52. The van der Waals surface area contributed by atoms with Crippen molar-refractivity contribution in [3.05, 3.63) is 17.7 Å². The van der Waals surface area contributed by atoms with Crippen molar-refractivity contribution in [3.8, 4) is 11.5 Å². The van der Waals surface area contributed by atoms with E-state index in [4.69, 9.17) is 9.47 Å². The summed E-state index contributed by atoms with van der Waals surface area (Å²) in [7, 11) is 0. The molecule has 1 aliphatic rings. The quantitative estimate of drug-likeness (QED) is 0.900. The lowest BCUT2D eigenvalue weighted by Gasteiger charge is -2.33. The maximum Gasteiger partial charge on any atom is 0.267 e. The van der Waals surface area contributed by atoms with E-state index in [1.54, 1.807) is 24.0 Å². The van der Waals surface area contributed by atoms with Crippen LogP contribution in [0.5, 0.6) is 11.5 Å². The van der Waals surface area contributed by atoms with Gasteiger partial charge in [0, 0.05) is 6.54 Å². The fourth-order valence-corrected chi connectivity index (χ4v) is 2.21. The maximum atomic E-state index is 12.1. The van der Waals surface area contributed by atoms with E-state index >= 15 is 0 Å². The Labute approximate surface area is 112 Å². The molecule has 0 aliphatic carbocycles. The van der Waals surface area contributed by atoms with Gasteiger partial charge in [0.15, 0.2) is 17.6 Å². The number of aliphatic hydroxyl groups excluding tert-OH is 1. The van der Waals surface area contributed by atoms with Gasteiger partial charge in [0.2, 0.25) is 0 Å². The summed E-state index contributed by atoms with van der Waals surface area (Å²) in [5.74, 6) is 1.07. The highest BCUT2D eigenvalue weighted by atomic mass is 16.5. The average Bonchev–Trinajstić information content (AvgIpc) is 2.41. The Kier molecular flexibility index (Phi) is 3.95. The molecule has 0 aromatic heterocycles. The molecule has 0 saturated heterocycles. The van der Waals surface area contributed by atoms with E-state index in [0.29, 0.717) is 35.9 Å². The van der Waals surface area contributed by atoms with Gasteiger partial charge in [-0.25, -0.2) is 0 Å². The van der Waals surface area contributed by atoms with Crippen molar-refractivity contribution < 1.29 is 19.4 Å². The molecule has 0 spiro atoms. The minimum atomic E-state index is -0.522. The Morgan fingerprint density at radius 3 is 2.74 bits per heavy atom. The molecule has 104 valence electrons. The number of anilines is 1. The van der Waals surface area contributed by atoms with E-state index in [0.717, 1.165) is 0 Å². The van der Waals surface area contributed by atoms with Crippen LogP contribution in [0, 0.1) is 0 Å². The predicted molar refractivity (Wildman–Crippen MR) is 71.7 cm³/mol. The number of nitrogens with zero attached hydrogens (tertiary/aromatic N) is 1. The number of hydrogen-bond donors (Lipinski definition) is 1. The lowest BCUT2D eigenvalue weighted by Crippen LogP contribution is -2.44. The Hall–Kier alpha value is -1.75. The lowest BCUT2D eigenvalue weighted by atomic mass is 10.1. The van der Waals surface area contributed by atoms with Crippen LogP contribution in [0.3, 0.4) is 0 Å². The number of ether oxygens (including phenoxy) is 2. The number of rotatable bonds is 4. The summed E-state index contributed by atoms with van der Waals surface area (Å²) in [5.41, 5.74) is 1.37. The van der Waals surface area contributed by atoms with Crippen LogP contribution in [0.25, 0.3) is 0 Å². The van der Waals surface area contributed by atoms with Crippen molar-refractivity contribution in [2.75, 3.05) is 18.1 Å². The smallest absolute Gasteiger partial charge is 0.267 e. The minimum absolute atomic E-state index is 0.0764. The van der Waals surface area contributed by atoms with Crippen LogP contribution in [0.1, 0.15) is 26.3 Å². The number of aliphatic hydroxyl groups is 1. The molecule has 1 N–H and O–H groups in total. The van der Waals surface area contributed by atoms with Crippen molar-refractivity contribution in [2.24, 2.45) is 0 Å². The highest BCUT2D eigenvalue weighted by Crippen LogP contribution is 2.42. The molecule has 1 aromatic rings. The molecule has 1 heterocycles. The third kappa shape index (κ3) is 2.38. The van der Waals surface area contributed by atoms with Gasteiger partial charge < -0.3 is 19.5 Å². The van der Waals surface area contributed by atoms with Crippen molar-refractivity contribution in [3.63, 3.8) is 0 Å². The van der Waals surface area contributed by atoms with Crippen LogP contribution in [0.2, 0.25) is 0 Å². The van der Waals surface area contributed by atoms with Crippen LogP contribution < -0.4 is 14.4 Å². The van der Waals surface area contributed by atoms with Crippen LogP contribution in [0.15, 0.2) is 12.1 Å². The molecule has 1 aromatic carbocycles. The molecular formula is C14H19NO4. The summed E-state index contributed by atoms with van der Waals surface area (Å²) in [4.78, 5) is 13.7. The second-order valence-electron chi connectivity index (χ2n) is 4.38. The Balaban J connectivity index is 2.56. The standard InChI is InChI=1S/C14H19NO4/c1-4-15-11-6-10(8-16)7-12(18-5-2)13(11)19-9(3)14(15)17/h6-7,9,16H,4-5,8H2,1-3H3. The van der Waals surface area contributed by atoms with Gasteiger partial charge >= 0.3 is 0 Å². The fourth-order valence-electron chi connectivity index (χ4n) is 2.21. The Bertz CT molecular complexity index is 487. The number of amides is 1. The molecule has 5 nitrogen and oxygen atoms in total. The van der Waals surface area contributed by atoms with Crippen LogP contribution in [-0.4, -0.2) is 30.3 Å². The number of carbonyl (C=O) groups excluding carboxylic acids is 1. The van der Waals surface area contributed by atoms with Crippen molar-refractivity contribution in [1.82, 2.24) is 0 Å². The van der Waals surface area contributed by atoms with Gasteiger partial charge in [0.25, 0.3) is 5.91 Å². The van der Waals surface area contributed by atoms with Gasteiger partial charge in [-0.15, -0.1) is 0 Å². The van der Waals surface area contributed by atoms with Crippen molar-refractivity contribution >= 4 is 11.6 Å². The monoisotopic (exact) mass is 265 g/mol. The summed E-state index contributed by atoms with van der Waals surface area (Å²) in [6.45, 7) is 6.47. The maximum absolute atomic E-state index is 12.1. The number of likely N-dealkylation sites (N-methyl/N-ethyl adjacent to an activating group) is 1. The van der Waals surface area contributed by atoms with E-state index < -0.39 is 6.10 Å². The molecule has 0 fully saturated rings. The number of carbonyl (C=O) groups is 1. The van der Waals surface area contributed by atoms with Crippen LogP contribution in [-0.2, 0) is 11.4 Å². The number of benzene rings is 1. The zero-order chi connectivity index (χ0) is 14.0. The molecule has 1 unspecified atom stereocenters. The van der Waals surface area contributed by atoms with Crippen molar-refractivity contribution in [1.29, 1.82) is 0 Å². The Morgan fingerprint density at radius 2 is 2.16 bits per heavy atom.